The van der Waals surface area contributed by atoms with Gasteiger partial charge in [-0.15, -0.1) is 24.8 Å². The van der Waals surface area contributed by atoms with Crippen molar-refractivity contribution in [1.29, 1.82) is 5.26 Å². The molecule has 4 rings (SSSR count). The molecule has 2 aliphatic rings. The summed E-state index contributed by atoms with van der Waals surface area (Å²) in [6.07, 6.45) is 0. The monoisotopic (exact) mass is 434 g/mol. The van der Waals surface area contributed by atoms with Crippen LogP contribution in [-0.4, -0.2) is 43.7 Å². The lowest BCUT2D eigenvalue weighted by Crippen LogP contribution is -2.30. The minimum absolute atomic E-state index is 0. The highest BCUT2D eigenvalue weighted by atomic mass is 35.5. The maximum Gasteiger partial charge on any atom is 0.147 e. The zero-order chi connectivity index (χ0) is 19.1. The molecular weight excluding hydrogens is 407 g/mol. The molecule has 0 unspecified atom stereocenters. The molecule has 0 saturated carbocycles. The summed E-state index contributed by atoms with van der Waals surface area (Å²) in [6, 6.07) is 13.2. The Labute approximate surface area is 185 Å². The summed E-state index contributed by atoms with van der Waals surface area (Å²) in [5.74, 6) is 2.89. The van der Waals surface area contributed by atoms with Crippen molar-refractivity contribution >= 4 is 30.6 Å². The third kappa shape index (κ3) is 4.16. The molecule has 1 aromatic heterocycles. The maximum absolute atomic E-state index is 9.64. The number of methoxy groups -OCH3 is 1. The van der Waals surface area contributed by atoms with Gasteiger partial charge in [0.25, 0.3) is 0 Å². The van der Waals surface area contributed by atoms with E-state index in [9.17, 15) is 5.26 Å². The number of nitrogens with zero attached hydrogens (tertiary/aromatic N) is 4. The van der Waals surface area contributed by atoms with Crippen molar-refractivity contribution in [1.82, 2.24) is 9.88 Å². The van der Waals surface area contributed by atoms with Crippen LogP contribution in [0.3, 0.4) is 0 Å². The highest BCUT2D eigenvalue weighted by Crippen LogP contribution is 2.45. The van der Waals surface area contributed by atoms with Gasteiger partial charge in [-0.05, 0) is 56.1 Å². The van der Waals surface area contributed by atoms with Crippen LogP contribution in [0, 0.1) is 37.0 Å². The van der Waals surface area contributed by atoms with Gasteiger partial charge < -0.3 is 9.64 Å². The van der Waals surface area contributed by atoms with Gasteiger partial charge in [-0.25, -0.2) is 4.98 Å². The highest BCUT2D eigenvalue weighted by molar-refractivity contribution is 5.85. The van der Waals surface area contributed by atoms with E-state index in [0.717, 1.165) is 48.0 Å². The number of aromatic nitrogens is 1. The van der Waals surface area contributed by atoms with Crippen molar-refractivity contribution in [2.24, 2.45) is 11.8 Å². The normalized spacial score (nSPS) is 23.0. The predicted molar refractivity (Wildman–Crippen MR) is 120 cm³/mol. The van der Waals surface area contributed by atoms with Gasteiger partial charge in [0.15, 0.2) is 0 Å². The smallest absolute Gasteiger partial charge is 0.147 e. The molecule has 5 nitrogen and oxygen atoms in total. The number of fused-ring (bicyclic) bond motifs is 1. The largest absolute Gasteiger partial charge is 0.497 e. The molecule has 0 aliphatic carbocycles. The SMILES string of the molecule is COc1ccc([C@H]2[C@@H]3CN(c4nc(C)cc(C)c4C#N)C[C@@H]3CN2C)cc1.Cl.Cl. The first-order chi connectivity index (χ1) is 13.0. The third-order valence-electron chi connectivity index (χ3n) is 6.09. The van der Waals surface area contributed by atoms with E-state index in [1.807, 2.05) is 32.0 Å². The fourth-order valence-corrected chi connectivity index (χ4v) is 4.92. The van der Waals surface area contributed by atoms with Crippen molar-refractivity contribution in [3.8, 4) is 11.8 Å². The van der Waals surface area contributed by atoms with E-state index in [4.69, 9.17) is 9.72 Å². The molecule has 3 heterocycles. The van der Waals surface area contributed by atoms with Crippen LogP contribution in [0.15, 0.2) is 30.3 Å². The summed E-state index contributed by atoms with van der Waals surface area (Å²) in [4.78, 5) is 9.52. The Kier molecular flexibility index (Phi) is 7.40. The number of rotatable bonds is 3. The van der Waals surface area contributed by atoms with Gasteiger partial charge in [-0.2, -0.15) is 5.26 Å². The van der Waals surface area contributed by atoms with Gasteiger partial charge in [0.2, 0.25) is 0 Å². The third-order valence-corrected chi connectivity index (χ3v) is 6.09. The molecule has 0 spiro atoms. The molecule has 2 aromatic rings. The Morgan fingerprint density at radius 1 is 1.10 bits per heavy atom. The molecule has 2 saturated heterocycles. The molecule has 2 fully saturated rings. The standard InChI is InChI=1S/C22H26N4O.2ClH/c1-14-9-15(2)24-22(19(14)10-23)26-12-17-11-25(3)21(20(17)13-26)16-5-7-18(27-4)8-6-16;;/h5-9,17,20-21H,11-13H2,1-4H3;2*1H/t17-,20+,21-;;/m0../s1. The molecule has 1 aromatic carbocycles. The van der Waals surface area contributed by atoms with E-state index in [-0.39, 0.29) is 24.8 Å². The number of halogens is 2. The van der Waals surface area contributed by atoms with E-state index in [1.54, 1.807) is 7.11 Å². The van der Waals surface area contributed by atoms with E-state index in [1.165, 1.54) is 5.56 Å². The summed E-state index contributed by atoms with van der Waals surface area (Å²) in [5, 5.41) is 9.64. The summed E-state index contributed by atoms with van der Waals surface area (Å²) in [6.45, 7) is 6.98. The van der Waals surface area contributed by atoms with E-state index < -0.39 is 0 Å². The maximum atomic E-state index is 9.64. The first-order valence-corrected chi connectivity index (χ1v) is 9.49. The van der Waals surface area contributed by atoms with Crippen LogP contribution in [-0.2, 0) is 0 Å². The first-order valence-electron chi connectivity index (χ1n) is 9.49. The minimum Gasteiger partial charge on any atom is -0.497 e. The summed E-state index contributed by atoms with van der Waals surface area (Å²) >= 11 is 0. The molecule has 29 heavy (non-hydrogen) atoms. The fraction of sp³-hybridized carbons (Fsp3) is 0.455. The van der Waals surface area contributed by atoms with Crippen LogP contribution in [0.1, 0.15) is 28.4 Å². The van der Waals surface area contributed by atoms with Crippen LogP contribution in [0.5, 0.6) is 5.75 Å². The van der Waals surface area contributed by atoms with Gasteiger partial charge in [0, 0.05) is 37.3 Å². The van der Waals surface area contributed by atoms with Gasteiger partial charge in [-0.3, -0.25) is 4.90 Å². The van der Waals surface area contributed by atoms with Crippen molar-refractivity contribution in [2.75, 3.05) is 38.7 Å². The number of likely N-dealkylation sites (tertiary alicyclic amines) is 1. The number of hydrogen-bond donors (Lipinski definition) is 0. The van der Waals surface area contributed by atoms with Crippen LogP contribution in [0.4, 0.5) is 5.82 Å². The van der Waals surface area contributed by atoms with Crippen LogP contribution >= 0.6 is 24.8 Å². The topological polar surface area (TPSA) is 52.4 Å². The summed E-state index contributed by atoms with van der Waals surface area (Å²) in [5.41, 5.74) is 4.04. The van der Waals surface area contributed by atoms with Crippen molar-refractivity contribution in [2.45, 2.75) is 19.9 Å². The Balaban J connectivity index is 0.00000150. The van der Waals surface area contributed by atoms with Crippen molar-refractivity contribution in [3.63, 3.8) is 0 Å². The van der Waals surface area contributed by atoms with Crippen molar-refractivity contribution in [3.05, 3.63) is 52.7 Å². The quantitative estimate of drug-likeness (QED) is 0.725. The molecule has 2 aliphatic heterocycles. The van der Waals surface area contributed by atoms with Crippen LogP contribution in [0.2, 0.25) is 0 Å². The number of anilines is 1. The Hall–Kier alpha value is -2.00. The Bertz CT molecular complexity index is 897. The number of ether oxygens (including phenoxy) is 1. The molecule has 3 atom stereocenters. The number of hydrogen-bond acceptors (Lipinski definition) is 5. The lowest BCUT2D eigenvalue weighted by Gasteiger charge is -2.28. The number of nitriles is 1. The highest BCUT2D eigenvalue weighted by Gasteiger charge is 2.46. The second-order valence-corrected chi connectivity index (χ2v) is 7.88. The van der Waals surface area contributed by atoms with Crippen LogP contribution < -0.4 is 9.64 Å². The van der Waals surface area contributed by atoms with E-state index in [0.29, 0.717) is 17.9 Å². The molecule has 0 amide bonds. The average Bonchev–Trinajstić information content (AvgIpc) is 3.18. The molecule has 0 radical (unpaired) electrons. The second-order valence-electron chi connectivity index (χ2n) is 7.88. The molecule has 7 heteroatoms. The van der Waals surface area contributed by atoms with Gasteiger partial charge >= 0.3 is 0 Å². The first kappa shape index (κ1) is 23.3. The minimum atomic E-state index is 0. The average molecular weight is 435 g/mol. The predicted octanol–water partition coefficient (Wildman–Crippen LogP) is 4.16. The Morgan fingerprint density at radius 2 is 1.79 bits per heavy atom. The number of benzene rings is 1. The molecular formula is C22H28Cl2N4O. The summed E-state index contributed by atoms with van der Waals surface area (Å²) < 4.78 is 5.31. The number of pyridine rings is 1. The van der Waals surface area contributed by atoms with E-state index >= 15 is 0 Å². The second kappa shape index (κ2) is 9.21. The molecule has 156 valence electrons. The lowest BCUT2D eigenvalue weighted by molar-refractivity contribution is 0.279. The lowest BCUT2D eigenvalue weighted by atomic mass is 9.89. The Morgan fingerprint density at radius 3 is 2.41 bits per heavy atom. The van der Waals surface area contributed by atoms with Gasteiger partial charge in [0.05, 0.1) is 12.7 Å². The summed E-state index contributed by atoms with van der Waals surface area (Å²) in [7, 11) is 3.92. The molecule has 0 bridgehead atoms. The number of aryl methyl sites for hydroxylation is 2. The fourth-order valence-electron chi connectivity index (χ4n) is 4.92. The van der Waals surface area contributed by atoms with E-state index in [2.05, 4.69) is 35.0 Å². The molecule has 0 N–H and O–H groups in total. The van der Waals surface area contributed by atoms with Crippen molar-refractivity contribution < 1.29 is 4.74 Å². The van der Waals surface area contributed by atoms with Gasteiger partial charge in [0.1, 0.15) is 17.6 Å². The van der Waals surface area contributed by atoms with Gasteiger partial charge in [-0.1, -0.05) is 12.1 Å². The van der Waals surface area contributed by atoms with Crippen LogP contribution in [0.25, 0.3) is 0 Å². The zero-order valence-electron chi connectivity index (χ0n) is 17.3. The zero-order valence-corrected chi connectivity index (χ0v) is 18.9.